The van der Waals surface area contributed by atoms with Crippen molar-refractivity contribution in [1.82, 2.24) is 0 Å². The standard InChI is InChI=1S/C61H82O12/c1-10-48-38(4)37(3)42(8)58(66-48)71-53-40(6)39(5)49(11-2)67-60(53)73-55-54-51(36-65-59(72-54)47-30-22-15-23-31-47)69-61(56(55)63-33-45-26-18-13-19-27-45)70-52-41(7)43(9)57(64-34-46-28-20-14-21-29-46)68-50(52)35-62-32-44-24-16-12-17-25-44/h12-31,37-43,48-61H,10-11,32-36H2,1-9H3/t37?,38-,39+,40+,41?,42-,43-,48?,49?,50?,51?,52-,53?,54+,55?,56+,57+,58-,59?,60-,61-/m0/s1. The van der Waals surface area contributed by atoms with Crippen molar-refractivity contribution in [3.63, 3.8) is 0 Å². The van der Waals surface area contributed by atoms with Crippen molar-refractivity contribution in [3.05, 3.63) is 144 Å². The number of benzene rings is 4. The lowest BCUT2D eigenvalue weighted by atomic mass is 9.78. The summed E-state index contributed by atoms with van der Waals surface area (Å²) in [5.74, 6) is 1.06. The highest BCUT2D eigenvalue weighted by molar-refractivity contribution is 5.18. The fourth-order valence-electron chi connectivity index (χ4n) is 11.5. The summed E-state index contributed by atoms with van der Waals surface area (Å²) in [6, 6.07) is 40.5. The molecule has 4 aromatic carbocycles. The van der Waals surface area contributed by atoms with Crippen LogP contribution in [0, 0.1) is 41.4 Å². The third kappa shape index (κ3) is 12.8. The topological polar surface area (TPSA) is 111 Å². The molecule has 0 N–H and O–H groups in total. The van der Waals surface area contributed by atoms with E-state index in [-0.39, 0.29) is 61.6 Å². The van der Waals surface area contributed by atoms with E-state index < -0.39 is 74.2 Å². The van der Waals surface area contributed by atoms with Crippen LogP contribution < -0.4 is 0 Å². The summed E-state index contributed by atoms with van der Waals surface area (Å²) in [7, 11) is 0. The molecular formula is C61H82O12. The highest BCUT2D eigenvalue weighted by Crippen LogP contribution is 2.45. The molecule has 4 aromatic rings. The molecule has 0 radical (unpaired) electrons. The fraction of sp³-hybridized carbons (Fsp3) is 0.607. The molecule has 5 aliphatic rings. The highest BCUT2D eigenvalue weighted by atomic mass is 16.8. The molecule has 73 heavy (non-hydrogen) atoms. The second-order valence-electron chi connectivity index (χ2n) is 21.5. The van der Waals surface area contributed by atoms with Crippen molar-refractivity contribution >= 4 is 0 Å². The van der Waals surface area contributed by atoms with Crippen LogP contribution in [0.15, 0.2) is 121 Å². The van der Waals surface area contributed by atoms with Gasteiger partial charge in [0.2, 0.25) is 0 Å². The molecule has 9 unspecified atom stereocenters. The summed E-state index contributed by atoms with van der Waals surface area (Å²) in [4.78, 5) is 0. The van der Waals surface area contributed by atoms with E-state index in [9.17, 15) is 0 Å². The van der Waals surface area contributed by atoms with Crippen LogP contribution in [-0.4, -0.2) is 93.3 Å². The van der Waals surface area contributed by atoms with Crippen molar-refractivity contribution in [2.75, 3.05) is 13.2 Å². The zero-order valence-corrected chi connectivity index (χ0v) is 44.5. The lowest BCUT2D eigenvalue weighted by Gasteiger charge is -2.53. The Kier molecular flexibility index (Phi) is 18.9. The molecule has 0 amide bonds. The van der Waals surface area contributed by atoms with Gasteiger partial charge in [-0.3, -0.25) is 0 Å². The van der Waals surface area contributed by atoms with Crippen molar-refractivity contribution in [1.29, 1.82) is 0 Å². The van der Waals surface area contributed by atoms with E-state index in [0.29, 0.717) is 25.0 Å². The molecule has 5 aliphatic heterocycles. The molecule has 12 heteroatoms. The van der Waals surface area contributed by atoms with Crippen LogP contribution in [0.4, 0.5) is 0 Å². The Balaban J connectivity index is 1.06. The summed E-state index contributed by atoms with van der Waals surface area (Å²) in [6.07, 6.45) is -6.09. The first kappa shape index (κ1) is 54.2. The van der Waals surface area contributed by atoms with Gasteiger partial charge in [0.25, 0.3) is 0 Å². The molecule has 0 spiro atoms. The minimum absolute atomic E-state index is 0.0590. The number of hydrogen-bond donors (Lipinski definition) is 0. The van der Waals surface area contributed by atoms with Gasteiger partial charge in [-0.15, -0.1) is 0 Å². The molecule has 398 valence electrons. The van der Waals surface area contributed by atoms with Crippen LogP contribution in [0.3, 0.4) is 0 Å². The maximum Gasteiger partial charge on any atom is 0.187 e. The van der Waals surface area contributed by atoms with Gasteiger partial charge in [0.15, 0.2) is 31.5 Å². The molecule has 5 saturated heterocycles. The summed E-state index contributed by atoms with van der Waals surface area (Å²) in [5, 5.41) is 0. The summed E-state index contributed by atoms with van der Waals surface area (Å²) in [6.45, 7) is 21.6. The molecule has 0 aliphatic carbocycles. The SMILES string of the molecule is CCC1O[C@@H](OC2[C@H](OC3[C@@H]4OC(c5ccccc5)OCC4O[C@@H](O[C@@H]4C(COCc5ccccc5)O[C@@H](OCc5ccccc5)[C@@H](C)C4C)[C@@H]3OCc3ccccc3)OC(CC)[C@H](C)[C@H]2C)[C@@H](C)C(C)[C@@H]1C. The van der Waals surface area contributed by atoms with Crippen LogP contribution in [-0.2, 0) is 76.7 Å². The van der Waals surface area contributed by atoms with Crippen LogP contribution in [0.2, 0.25) is 0 Å². The van der Waals surface area contributed by atoms with E-state index in [1.165, 1.54) is 0 Å². The van der Waals surface area contributed by atoms with Crippen molar-refractivity contribution in [2.24, 2.45) is 41.4 Å². The predicted molar refractivity (Wildman–Crippen MR) is 276 cm³/mol. The molecule has 0 bridgehead atoms. The second kappa shape index (κ2) is 25.5. The fourth-order valence-corrected chi connectivity index (χ4v) is 11.5. The first-order valence-corrected chi connectivity index (χ1v) is 27.3. The van der Waals surface area contributed by atoms with E-state index in [2.05, 4.69) is 98.7 Å². The van der Waals surface area contributed by atoms with E-state index in [1.807, 2.05) is 84.9 Å². The lowest BCUT2D eigenvalue weighted by molar-refractivity contribution is -0.411. The van der Waals surface area contributed by atoms with Crippen molar-refractivity contribution < 1.29 is 56.8 Å². The van der Waals surface area contributed by atoms with Gasteiger partial charge < -0.3 is 56.8 Å². The van der Waals surface area contributed by atoms with Gasteiger partial charge >= 0.3 is 0 Å². The number of ether oxygens (including phenoxy) is 12. The number of fused-ring (bicyclic) bond motifs is 1. The summed E-state index contributed by atoms with van der Waals surface area (Å²) >= 11 is 0. The third-order valence-electron chi connectivity index (χ3n) is 16.9. The van der Waals surface area contributed by atoms with Crippen LogP contribution in [0.5, 0.6) is 0 Å². The molecule has 0 saturated carbocycles. The van der Waals surface area contributed by atoms with Gasteiger partial charge in [0.05, 0.1) is 51.3 Å². The van der Waals surface area contributed by atoms with E-state index in [4.69, 9.17) is 56.8 Å². The molecule has 12 nitrogen and oxygen atoms in total. The first-order valence-electron chi connectivity index (χ1n) is 27.3. The number of hydrogen-bond acceptors (Lipinski definition) is 12. The van der Waals surface area contributed by atoms with Gasteiger partial charge in [-0.1, -0.05) is 184 Å². The van der Waals surface area contributed by atoms with E-state index >= 15 is 0 Å². The van der Waals surface area contributed by atoms with E-state index in [1.54, 1.807) is 0 Å². The van der Waals surface area contributed by atoms with Crippen LogP contribution in [0.1, 0.15) is 104 Å². The van der Waals surface area contributed by atoms with Gasteiger partial charge in [-0.2, -0.15) is 0 Å². The lowest BCUT2D eigenvalue weighted by Crippen LogP contribution is -2.67. The second-order valence-corrected chi connectivity index (χ2v) is 21.5. The van der Waals surface area contributed by atoms with Gasteiger partial charge in [-0.05, 0) is 59.1 Å². The average molecular weight is 1010 g/mol. The Hall–Kier alpha value is -3.60. The highest BCUT2D eigenvalue weighted by Gasteiger charge is 2.57. The smallest absolute Gasteiger partial charge is 0.187 e. The molecule has 21 atom stereocenters. The summed E-state index contributed by atoms with van der Waals surface area (Å²) in [5.41, 5.74) is 4.02. The first-order chi connectivity index (χ1) is 35.5. The van der Waals surface area contributed by atoms with Crippen LogP contribution >= 0.6 is 0 Å². The zero-order chi connectivity index (χ0) is 51.0. The predicted octanol–water partition coefficient (Wildman–Crippen LogP) is 11.4. The van der Waals surface area contributed by atoms with Crippen molar-refractivity contribution in [3.8, 4) is 0 Å². The molecular weight excluding hydrogens is 925 g/mol. The molecule has 5 heterocycles. The Labute approximate surface area is 434 Å². The monoisotopic (exact) mass is 1010 g/mol. The Morgan fingerprint density at radius 2 is 0.890 bits per heavy atom. The Morgan fingerprint density at radius 3 is 1.51 bits per heavy atom. The Bertz CT molecular complexity index is 2220. The average Bonchev–Trinajstić information content (AvgIpc) is 3.42. The maximum absolute atomic E-state index is 7.58. The molecule has 9 rings (SSSR count). The summed E-state index contributed by atoms with van der Waals surface area (Å²) < 4.78 is 84.0. The maximum atomic E-state index is 7.58. The normalized spacial score (nSPS) is 38.9. The quantitative estimate of drug-likeness (QED) is 0.0892. The largest absolute Gasteiger partial charge is 0.374 e. The Morgan fingerprint density at radius 1 is 0.411 bits per heavy atom. The van der Waals surface area contributed by atoms with Crippen molar-refractivity contribution in [2.45, 2.75) is 181 Å². The third-order valence-corrected chi connectivity index (χ3v) is 16.9. The van der Waals surface area contributed by atoms with Gasteiger partial charge in [0.1, 0.15) is 36.6 Å². The molecule has 0 aromatic heterocycles. The number of rotatable bonds is 19. The van der Waals surface area contributed by atoms with Gasteiger partial charge in [0, 0.05) is 17.4 Å². The van der Waals surface area contributed by atoms with Crippen LogP contribution in [0.25, 0.3) is 0 Å². The minimum atomic E-state index is -0.965. The minimum Gasteiger partial charge on any atom is -0.374 e. The van der Waals surface area contributed by atoms with Gasteiger partial charge in [-0.25, -0.2) is 0 Å². The zero-order valence-electron chi connectivity index (χ0n) is 44.5. The molecule has 5 fully saturated rings. The van der Waals surface area contributed by atoms with E-state index in [0.717, 1.165) is 35.1 Å².